The van der Waals surface area contributed by atoms with Crippen molar-refractivity contribution in [3.8, 4) is 0 Å². The molecule has 0 aromatic carbocycles. The van der Waals surface area contributed by atoms with E-state index in [-0.39, 0.29) is 6.04 Å². The molecular formula is C13H24N4O. The summed E-state index contributed by atoms with van der Waals surface area (Å²) >= 11 is 0. The van der Waals surface area contributed by atoms with Crippen LogP contribution in [-0.2, 0) is 0 Å². The lowest BCUT2D eigenvalue weighted by molar-refractivity contribution is 0.0876. The van der Waals surface area contributed by atoms with Crippen LogP contribution in [0, 0.1) is 6.92 Å². The van der Waals surface area contributed by atoms with Crippen molar-refractivity contribution in [3.63, 3.8) is 0 Å². The van der Waals surface area contributed by atoms with E-state index < -0.39 is 0 Å². The Bertz CT molecular complexity index is 358. The predicted octanol–water partition coefficient (Wildman–Crippen LogP) is 1.86. The molecule has 5 heteroatoms. The van der Waals surface area contributed by atoms with Gasteiger partial charge >= 0.3 is 0 Å². The zero-order valence-corrected chi connectivity index (χ0v) is 11.7. The number of hydrogen-bond acceptors (Lipinski definition) is 5. The fourth-order valence-electron chi connectivity index (χ4n) is 2.39. The summed E-state index contributed by atoms with van der Waals surface area (Å²) in [5.74, 6) is 1.47. The lowest BCUT2D eigenvalue weighted by Gasteiger charge is -2.36. The summed E-state index contributed by atoms with van der Waals surface area (Å²) in [6.07, 6.45) is 2.58. The Labute approximate surface area is 109 Å². The van der Waals surface area contributed by atoms with Crippen molar-refractivity contribution in [2.24, 2.45) is 0 Å². The largest absolute Gasteiger partial charge is 0.338 e. The number of aromatic nitrogens is 2. The van der Waals surface area contributed by atoms with E-state index in [0.29, 0.717) is 0 Å². The van der Waals surface area contributed by atoms with E-state index in [2.05, 4.69) is 33.8 Å². The molecular weight excluding hydrogens is 228 g/mol. The molecule has 5 nitrogen and oxygen atoms in total. The zero-order valence-electron chi connectivity index (χ0n) is 11.7. The lowest BCUT2D eigenvalue weighted by Crippen LogP contribution is -2.47. The average molecular weight is 252 g/mol. The van der Waals surface area contributed by atoms with Gasteiger partial charge in [0.15, 0.2) is 5.82 Å². The van der Waals surface area contributed by atoms with Gasteiger partial charge in [-0.1, -0.05) is 18.5 Å². The molecule has 0 amide bonds. The van der Waals surface area contributed by atoms with E-state index in [1.807, 2.05) is 6.92 Å². The van der Waals surface area contributed by atoms with E-state index >= 15 is 0 Å². The van der Waals surface area contributed by atoms with E-state index in [4.69, 9.17) is 4.52 Å². The van der Waals surface area contributed by atoms with Crippen molar-refractivity contribution in [1.29, 1.82) is 0 Å². The van der Waals surface area contributed by atoms with Gasteiger partial charge in [0.1, 0.15) is 0 Å². The van der Waals surface area contributed by atoms with Crippen molar-refractivity contribution in [2.45, 2.75) is 39.7 Å². The third-order valence-corrected chi connectivity index (χ3v) is 3.68. The number of rotatable bonds is 5. The molecule has 0 spiro atoms. The van der Waals surface area contributed by atoms with Crippen LogP contribution in [0.1, 0.15) is 44.4 Å². The Morgan fingerprint density at radius 3 is 2.56 bits per heavy atom. The lowest BCUT2D eigenvalue weighted by atomic mass is 10.2. The van der Waals surface area contributed by atoms with Gasteiger partial charge in [0.05, 0.1) is 6.04 Å². The molecule has 1 unspecified atom stereocenters. The van der Waals surface area contributed by atoms with Gasteiger partial charge in [0, 0.05) is 26.2 Å². The maximum atomic E-state index is 5.25. The van der Waals surface area contributed by atoms with Gasteiger partial charge in [-0.05, 0) is 26.8 Å². The molecule has 1 fully saturated rings. The van der Waals surface area contributed by atoms with Crippen molar-refractivity contribution in [2.75, 3.05) is 32.7 Å². The highest BCUT2D eigenvalue weighted by molar-refractivity contribution is 4.91. The standard InChI is InChI=1S/C13H24N4O/c1-4-5-6-16-7-9-17(10-8-16)11(2)13-14-12(3)15-18-13/h11H,4-10H2,1-3H3. The van der Waals surface area contributed by atoms with Gasteiger partial charge in [-0.25, -0.2) is 0 Å². The SMILES string of the molecule is CCCCN1CCN(C(C)c2nc(C)no2)CC1. The monoisotopic (exact) mass is 252 g/mol. The normalized spacial score (nSPS) is 20.2. The summed E-state index contributed by atoms with van der Waals surface area (Å²) < 4.78 is 5.25. The Kier molecular flexibility index (Phi) is 4.72. The Hall–Kier alpha value is -0.940. The molecule has 0 aliphatic carbocycles. The van der Waals surface area contributed by atoms with Gasteiger partial charge in [0.25, 0.3) is 0 Å². The van der Waals surface area contributed by atoms with Crippen LogP contribution in [-0.4, -0.2) is 52.7 Å². The molecule has 1 aliphatic heterocycles. The van der Waals surface area contributed by atoms with E-state index in [1.165, 1.54) is 19.4 Å². The topological polar surface area (TPSA) is 45.4 Å². The van der Waals surface area contributed by atoms with Crippen molar-refractivity contribution < 1.29 is 4.52 Å². The summed E-state index contributed by atoms with van der Waals surface area (Å²) in [7, 11) is 0. The first-order valence-electron chi connectivity index (χ1n) is 6.97. The number of hydrogen-bond donors (Lipinski definition) is 0. The maximum absolute atomic E-state index is 5.25. The smallest absolute Gasteiger partial charge is 0.243 e. The second kappa shape index (κ2) is 6.29. The minimum atomic E-state index is 0.236. The molecule has 0 radical (unpaired) electrons. The molecule has 0 saturated carbocycles. The van der Waals surface area contributed by atoms with E-state index in [0.717, 1.165) is 37.9 Å². The van der Waals surface area contributed by atoms with Gasteiger partial charge in [0.2, 0.25) is 5.89 Å². The fraction of sp³-hybridized carbons (Fsp3) is 0.846. The minimum Gasteiger partial charge on any atom is -0.338 e. The second-order valence-corrected chi connectivity index (χ2v) is 5.09. The van der Waals surface area contributed by atoms with Crippen molar-refractivity contribution in [3.05, 3.63) is 11.7 Å². The maximum Gasteiger partial charge on any atom is 0.243 e. The zero-order chi connectivity index (χ0) is 13.0. The molecule has 2 heterocycles. The first-order valence-corrected chi connectivity index (χ1v) is 6.97. The molecule has 0 bridgehead atoms. The van der Waals surface area contributed by atoms with Gasteiger partial charge in [-0.15, -0.1) is 0 Å². The van der Waals surface area contributed by atoms with E-state index in [9.17, 15) is 0 Å². The van der Waals surface area contributed by atoms with Crippen LogP contribution >= 0.6 is 0 Å². The van der Waals surface area contributed by atoms with Crippen LogP contribution in [0.25, 0.3) is 0 Å². The molecule has 0 N–H and O–H groups in total. The molecule has 102 valence electrons. The Morgan fingerprint density at radius 1 is 1.28 bits per heavy atom. The molecule has 1 aromatic heterocycles. The van der Waals surface area contributed by atoms with Crippen LogP contribution in [0.15, 0.2) is 4.52 Å². The van der Waals surface area contributed by atoms with Gasteiger partial charge < -0.3 is 9.42 Å². The molecule has 1 saturated heterocycles. The minimum absolute atomic E-state index is 0.236. The molecule has 1 atom stereocenters. The van der Waals surface area contributed by atoms with Crippen LogP contribution < -0.4 is 0 Å². The summed E-state index contributed by atoms with van der Waals surface area (Å²) in [6.45, 7) is 12.0. The highest BCUT2D eigenvalue weighted by atomic mass is 16.5. The number of piperazine rings is 1. The van der Waals surface area contributed by atoms with Gasteiger partial charge in [-0.2, -0.15) is 4.98 Å². The van der Waals surface area contributed by atoms with Crippen molar-refractivity contribution >= 4 is 0 Å². The predicted molar refractivity (Wildman–Crippen MR) is 70.4 cm³/mol. The number of nitrogens with zero attached hydrogens (tertiary/aromatic N) is 4. The number of aryl methyl sites for hydroxylation is 1. The Morgan fingerprint density at radius 2 is 2.00 bits per heavy atom. The first-order chi connectivity index (χ1) is 8.70. The Balaban J connectivity index is 1.82. The fourth-order valence-corrected chi connectivity index (χ4v) is 2.39. The van der Waals surface area contributed by atoms with Crippen molar-refractivity contribution in [1.82, 2.24) is 19.9 Å². The third kappa shape index (κ3) is 3.29. The average Bonchev–Trinajstić information content (AvgIpc) is 2.83. The molecule has 1 aromatic rings. The van der Waals surface area contributed by atoms with Gasteiger partial charge in [-0.3, -0.25) is 4.90 Å². The summed E-state index contributed by atoms with van der Waals surface area (Å²) in [5.41, 5.74) is 0. The first kappa shape index (κ1) is 13.5. The number of unbranched alkanes of at least 4 members (excludes halogenated alkanes) is 1. The van der Waals surface area contributed by atoms with Crippen LogP contribution in [0.4, 0.5) is 0 Å². The van der Waals surface area contributed by atoms with Crippen LogP contribution in [0.2, 0.25) is 0 Å². The molecule has 18 heavy (non-hydrogen) atoms. The molecule has 1 aliphatic rings. The second-order valence-electron chi connectivity index (χ2n) is 5.09. The summed E-state index contributed by atoms with van der Waals surface area (Å²) in [4.78, 5) is 9.29. The third-order valence-electron chi connectivity index (χ3n) is 3.68. The van der Waals surface area contributed by atoms with Crippen LogP contribution in [0.5, 0.6) is 0 Å². The summed E-state index contributed by atoms with van der Waals surface area (Å²) in [6, 6.07) is 0.236. The van der Waals surface area contributed by atoms with E-state index in [1.54, 1.807) is 0 Å². The quantitative estimate of drug-likeness (QED) is 0.800. The van der Waals surface area contributed by atoms with Crippen LogP contribution in [0.3, 0.4) is 0 Å². The molecule has 2 rings (SSSR count). The summed E-state index contributed by atoms with van der Waals surface area (Å²) in [5, 5.41) is 3.86. The highest BCUT2D eigenvalue weighted by Crippen LogP contribution is 2.19. The highest BCUT2D eigenvalue weighted by Gasteiger charge is 2.24.